The van der Waals surface area contributed by atoms with Gasteiger partial charge in [-0.05, 0) is 28.1 Å². The van der Waals surface area contributed by atoms with E-state index in [1.807, 2.05) is 6.07 Å². The van der Waals surface area contributed by atoms with Gasteiger partial charge >= 0.3 is 0 Å². The van der Waals surface area contributed by atoms with E-state index >= 15 is 0 Å². The molecule has 2 aromatic heterocycles. The highest BCUT2D eigenvalue weighted by Gasteiger charge is 1.99. The van der Waals surface area contributed by atoms with Gasteiger partial charge in [-0.1, -0.05) is 0 Å². The molecule has 2 N–H and O–H groups in total. The number of aromatic nitrogens is 3. The van der Waals surface area contributed by atoms with Crippen LogP contribution in [0.2, 0.25) is 0 Å². The summed E-state index contributed by atoms with van der Waals surface area (Å²) in [6.07, 6.45) is 1.68. The lowest BCUT2D eigenvalue weighted by atomic mass is 10.4. The van der Waals surface area contributed by atoms with Crippen LogP contribution in [0.15, 0.2) is 22.8 Å². The van der Waals surface area contributed by atoms with E-state index in [0.29, 0.717) is 5.82 Å². The van der Waals surface area contributed by atoms with Crippen LogP contribution in [-0.4, -0.2) is 14.8 Å². The van der Waals surface area contributed by atoms with Gasteiger partial charge in [0.2, 0.25) is 0 Å². The molecule has 11 heavy (non-hydrogen) atoms. The minimum absolute atomic E-state index is 0.466. The van der Waals surface area contributed by atoms with Crippen LogP contribution in [0.4, 0.5) is 5.82 Å². The lowest BCUT2D eigenvalue weighted by molar-refractivity contribution is 0.807. The van der Waals surface area contributed by atoms with Crippen LogP contribution in [0.3, 0.4) is 0 Å². The molecular formula is C6H5BrN4. The Morgan fingerprint density at radius 3 is 3.09 bits per heavy atom. The summed E-state index contributed by atoms with van der Waals surface area (Å²) in [6, 6.07) is 3.60. The zero-order valence-corrected chi connectivity index (χ0v) is 7.12. The molecule has 4 nitrogen and oxygen atoms in total. The Kier molecular flexibility index (Phi) is 1.32. The maximum Gasteiger partial charge on any atom is 0.146 e. The Hall–Kier alpha value is -1.10. The average Bonchev–Trinajstić information content (AvgIpc) is 2.32. The van der Waals surface area contributed by atoms with Gasteiger partial charge in [-0.15, -0.1) is 9.73 Å². The van der Waals surface area contributed by atoms with Crippen LogP contribution in [0.5, 0.6) is 0 Å². The summed E-state index contributed by atoms with van der Waals surface area (Å²) >= 11 is 3.33. The molecule has 5 heteroatoms. The fourth-order valence-corrected chi connectivity index (χ4v) is 1.24. The average molecular weight is 213 g/mol. The van der Waals surface area contributed by atoms with Gasteiger partial charge in [0.15, 0.2) is 0 Å². The Morgan fingerprint density at radius 2 is 2.27 bits per heavy atom. The normalized spacial score (nSPS) is 10.6. The predicted molar refractivity (Wildman–Crippen MR) is 45.1 cm³/mol. The van der Waals surface area contributed by atoms with Crippen LogP contribution in [0.1, 0.15) is 0 Å². The molecule has 0 saturated heterocycles. The largest absolute Gasteiger partial charge is 0.382 e. The zero-order chi connectivity index (χ0) is 7.84. The van der Waals surface area contributed by atoms with E-state index in [-0.39, 0.29) is 0 Å². The lowest BCUT2D eigenvalue weighted by Crippen LogP contribution is -1.97. The number of hydrogen-bond donors (Lipinski definition) is 1. The van der Waals surface area contributed by atoms with Crippen molar-refractivity contribution in [3.8, 4) is 0 Å². The molecule has 2 aromatic rings. The Balaban J connectivity index is 2.86. The van der Waals surface area contributed by atoms with Crippen molar-refractivity contribution in [2.45, 2.75) is 0 Å². The van der Waals surface area contributed by atoms with Crippen LogP contribution < -0.4 is 5.73 Å². The fourth-order valence-electron chi connectivity index (χ4n) is 0.862. The molecule has 2 heterocycles. The van der Waals surface area contributed by atoms with E-state index in [0.717, 1.165) is 9.99 Å². The molecule has 0 aliphatic heterocycles. The smallest absolute Gasteiger partial charge is 0.146 e. The number of anilines is 1. The van der Waals surface area contributed by atoms with Gasteiger partial charge in [0, 0.05) is 0 Å². The highest BCUT2D eigenvalue weighted by atomic mass is 79.9. The number of halogens is 1. The molecule has 0 atom stereocenters. The minimum Gasteiger partial charge on any atom is -0.382 e. The molecule has 0 unspecified atom stereocenters. The number of nitrogens with two attached hydrogens (primary N) is 1. The second-order valence-corrected chi connectivity index (χ2v) is 2.98. The predicted octanol–water partition coefficient (Wildman–Crippen LogP) is 1.07. The molecule has 0 fully saturated rings. The molecule has 0 spiro atoms. The summed E-state index contributed by atoms with van der Waals surface area (Å²) in [6.45, 7) is 0. The maximum absolute atomic E-state index is 5.45. The van der Waals surface area contributed by atoms with Gasteiger partial charge in [0.1, 0.15) is 11.3 Å². The van der Waals surface area contributed by atoms with E-state index in [1.165, 1.54) is 4.63 Å². The number of fused-ring (bicyclic) bond motifs is 1. The monoisotopic (exact) mass is 212 g/mol. The quantitative estimate of drug-likeness (QED) is 0.712. The molecule has 0 aromatic carbocycles. The number of hydrogen-bond acceptors (Lipinski definition) is 3. The summed E-state index contributed by atoms with van der Waals surface area (Å²) in [5, 5.41) is 7.91. The standard InChI is InChI=1S/C6H5BrN4/c7-4-3-9-11-5(4)1-2-6(8)10-11/h1-3H,(H2,8,10). The van der Waals surface area contributed by atoms with Crippen molar-refractivity contribution in [2.75, 3.05) is 5.73 Å². The molecule has 0 amide bonds. The SMILES string of the molecule is Nc1ccc2c(Br)cnn2n1. The van der Waals surface area contributed by atoms with E-state index in [9.17, 15) is 0 Å². The summed E-state index contributed by atoms with van der Waals surface area (Å²) < 4.78 is 2.41. The summed E-state index contributed by atoms with van der Waals surface area (Å²) in [4.78, 5) is 0. The molecule has 0 radical (unpaired) electrons. The maximum atomic E-state index is 5.45. The number of rotatable bonds is 0. The van der Waals surface area contributed by atoms with E-state index in [4.69, 9.17) is 5.73 Å². The first-order valence-electron chi connectivity index (χ1n) is 3.03. The first-order valence-corrected chi connectivity index (χ1v) is 3.83. The number of nitrogens with zero attached hydrogens (tertiary/aromatic N) is 3. The third kappa shape index (κ3) is 0.970. The van der Waals surface area contributed by atoms with Crippen LogP contribution >= 0.6 is 15.9 Å². The van der Waals surface area contributed by atoms with Crippen molar-refractivity contribution < 1.29 is 0 Å². The van der Waals surface area contributed by atoms with E-state index in [1.54, 1.807) is 12.3 Å². The van der Waals surface area contributed by atoms with Crippen molar-refractivity contribution in [3.05, 3.63) is 22.8 Å². The van der Waals surface area contributed by atoms with Crippen molar-refractivity contribution in [2.24, 2.45) is 0 Å². The Bertz CT molecular complexity index is 394. The van der Waals surface area contributed by atoms with E-state index < -0.39 is 0 Å². The highest BCUT2D eigenvalue weighted by Crippen LogP contribution is 2.16. The Morgan fingerprint density at radius 1 is 1.45 bits per heavy atom. The summed E-state index contributed by atoms with van der Waals surface area (Å²) in [7, 11) is 0. The second-order valence-electron chi connectivity index (χ2n) is 2.13. The van der Waals surface area contributed by atoms with Gasteiger partial charge in [-0.25, -0.2) is 0 Å². The van der Waals surface area contributed by atoms with Crippen molar-refractivity contribution >= 4 is 27.3 Å². The van der Waals surface area contributed by atoms with Gasteiger partial charge in [-0.2, -0.15) is 5.10 Å². The molecule has 0 saturated carbocycles. The van der Waals surface area contributed by atoms with Gasteiger partial charge in [-0.3, -0.25) is 0 Å². The lowest BCUT2D eigenvalue weighted by Gasteiger charge is -1.92. The molecular weight excluding hydrogens is 208 g/mol. The summed E-state index contributed by atoms with van der Waals surface area (Å²) in [5.41, 5.74) is 6.36. The molecule has 0 aliphatic rings. The van der Waals surface area contributed by atoms with Crippen LogP contribution in [0.25, 0.3) is 5.52 Å². The first kappa shape index (κ1) is 6.60. The fraction of sp³-hybridized carbons (Fsp3) is 0. The number of nitrogen functional groups attached to an aromatic ring is 1. The van der Waals surface area contributed by atoms with Crippen molar-refractivity contribution in [3.63, 3.8) is 0 Å². The topological polar surface area (TPSA) is 56.2 Å². The van der Waals surface area contributed by atoms with Gasteiger partial charge < -0.3 is 5.73 Å². The third-order valence-corrected chi connectivity index (χ3v) is 1.97. The third-order valence-electron chi connectivity index (χ3n) is 1.36. The molecule has 56 valence electrons. The molecule has 0 aliphatic carbocycles. The van der Waals surface area contributed by atoms with E-state index in [2.05, 4.69) is 26.1 Å². The second kappa shape index (κ2) is 2.20. The van der Waals surface area contributed by atoms with Crippen LogP contribution in [0, 0.1) is 0 Å². The van der Waals surface area contributed by atoms with Gasteiger partial charge in [0.05, 0.1) is 10.7 Å². The summed E-state index contributed by atoms with van der Waals surface area (Å²) in [5.74, 6) is 0.466. The van der Waals surface area contributed by atoms with Crippen LogP contribution in [-0.2, 0) is 0 Å². The Labute approximate surface area is 71.1 Å². The van der Waals surface area contributed by atoms with Crippen molar-refractivity contribution in [1.29, 1.82) is 0 Å². The van der Waals surface area contributed by atoms with Crippen molar-refractivity contribution in [1.82, 2.24) is 14.8 Å². The highest BCUT2D eigenvalue weighted by molar-refractivity contribution is 9.10. The zero-order valence-electron chi connectivity index (χ0n) is 5.53. The van der Waals surface area contributed by atoms with Gasteiger partial charge in [0.25, 0.3) is 0 Å². The molecule has 2 rings (SSSR count). The first-order chi connectivity index (χ1) is 5.27. The minimum atomic E-state index is 0.466. The molecule has 0 bridgehead atoms.